The van der Waals surface area contributed by atoms with Crippen LogP contribution in [-0.4, -0.2) is 11.7 Å². The number of hydrogen-bond acceptors (Lipinski definition) is 1. The highest BCUT2D eigenvalue weighted by atomic mass is 127. The zero-order valence-corrected chi connectivity index (χ0v) is 13.1. The minimum atomic E-state index is 0.327. The van der Waals surface area contributed by atoms with Crippen molar-refractivity contribution in [3.8, 4) is 11.4 Å². The van der Waals surface area contributed by atoms with Gasteiger partial charge in [0.15, 0.2) is 0 Å². The number of methoxy groups -OCH3 is 1. The molecule has 0 radical (unpaired) electrons. The van der Waals surface area contributed by atoms with Crippen LogP contribution in [0.25, 0.3) is 5.69 Å². The molecule has 0 aliphatic heterocycles. The molecule has 2 aromatic rings. The van der Waals surface area contributed by atoms with Crippen LogP contribution in [0, 0.1) is 3.70 Å². The van der Waals surface area contributed by atoms with Crippen molar-refractivity contribution >= 4 is 57.4 Å². The highest BCUT2D eigenvalue weighted by Crippen LogP contribution is 2.41. The highest BCUT2D eigenvalue weighted by molar-refractivity contribution is 14.1. The molecule has 1 heterocycles. The molecule has 90 valence electrons. The molecule has 0 bridgehead atoms. The van der Waals surface area contributed by atoms with Gasteiger partial charge in [0.05, 0.1) is 25.9 Å². The first-order chi connectivity index (χ1) is 8.06. The van der Waals surface area contributed by atoms with Crippen LogP contribution in [0.5, 0.6) is 5.75 Å². The van der Waals surface area contributed by atoms with Gasteiger partial charge in [-0.05, 0) is 34.7 Å². The van der Waals surface area contributed by atoms with Crippen molar-refractivity contribution < 1.29 is 4.74 Å². The molecule has 0 aliphatic carbocycles. The summed E-state index contributed by atoms with van der Waals surface area (Å²) in [6, 6.07) is 5.53. The number of aromatic nitrogens is 1. The Morgan fingerprint density at radius 3 is 2.47 bits per heavy atom. The van der Waals surface area contributed by atoms with Gasteiger partial charge in [0.25, 0.3) is 0 Å². The Morgan fingerprint density at radius 1 is 1.24 bits per heavy atom. The second kappa shape index (κ2) is 5.26. The number of halogens is 4. The summed E-state index contributed by atoms with van der Waals surface area (Å²) < 4.78 is 8.18. The standard InChI is InChI=1S/C11H7Cl3INO/c1-17-7-5-6(12)9(13)10(14)11(7)16-4-2-3-8(16)15/h2-5H,1H3. The van der Waals surface area contributed by atoms with Crippen LogP contribution in [0.3, 0.4) is 0 Å². The molecule has 0 saturated heterocycles. The van der Waals surface area contributed by atoms with Gasteiger partial charge < -0.3 is 9.30 Å². The number of benzene rings is 1. The first-order valence-corrected chi connectivity index (χ1v) is 6.82. The maximum Gasteiger partial charge on any atom is 0.146 e. The molecule has 0 aliphatic rings. The van der Waals surface area contributed by atoms with Gasteiger partial charge in [0, 0.05) is 12.3 Å². The van der Waals surface area contributed by atoms with E-state index >= 15 is 0 Å². The van der Waals surface area contributed by atoms with E-state index in [0.29, 0.717) is 26.5 Å². The molecule has 1 aromatic carbocycles. The second-order valence-electron chi connectivity index (χ2n) is 3.24. The minimum absolute atomic E-state index is 0.327. The lowest BCUT2D eigenvalue weighted by Gasteiger charge is -2.14. The monoisotopic (exact) mass is 401 g/mol. The maximum absolute atomic E-state index is 6.23. The Labute approximate surface area is 128 Å². The zero-order chi connectivity index (χ0) is 12.6. The third-order valence-electron chi connectivity index (χ3n) is 2.26. The van der Waals surface area contributed by atoms with E-state index in [1.165, 1.54) is 0 Å². The molecule has 0 spiro atoms. The second-order valence-corrected chi connectivity index (χ2v) is 5.51. The minimum Gasteiger partial charge on any atom is -0.494 e. The summed E-state index contributed by atoms with van der Waals surface area (Å²) in [5.41, 5.74) is 0.693. The first-order valence-electron chi connectivity index (χ1n) is 4.61. The summed E-state index contributed by atoms with van der Waals surface area (Å²) in [5.74, 6) is 0.582. The molecule has 0 unspecified atom stereocenters. The average molecular weight is 402 g/mol. The summed E-state index contributed by atoms with van der Waals surface area (Å²) in [7, 11) is 1.57. The lowest BCUT2D eigenvalue weighted by Crippen LogP contribution is -2.00. The molecular formula is C11H7Cl3INO. The molecule has 1 aromatic heterocycles. The summed E-state index contributed by atoms with van der Waals surface area (Å²) >= 11 is 20.4. The van der Waals surface area contributed by atoms with Gasteiger partial charge in [0.1, 0.15) is 11.4 Å². The third kappa shape index (κ3) is 2.38. The van der Waals surface area contributed by atoms with Crippen molar-refractivity contribution in [2.75, 3.05) is 7.11 Å². The summed E-state index contributed by atoms with van der Waals surface area (Å²) in [6.45, 7) is 0. The largest absolute Gasteiger partial charge is 0.494 e. The van der Waals surface area contributed by atoms with E-state index in [1.54, 1.807) is 13.2 Å². The lowest BCUT2D eigenvalue weighted by molar-refractivity contribution is 0.413. The van der Waals surface area contributed by atoms with Crippen molar-refractivity contribution in [2.24, 2.45) is 0 Å². The lowest BCUT2D eigenvalue weighted by atomic mass is 10.3. The Balaban J connectivity index is 2.76. The summed E-state index contributed by atoms with van der Waals surface area (Å²) in [6.07, 6.45) is 1.88. The fraction of sp³-hybridized carbons (Fsp3) is 0.0909. The van der Waals surface area contributed by atoms with Gasteiger partial charge >= 0.3 is 0 Å². The number of hydrogen-bond donors (Lipinski definition) is 0. The zero-order valence-electron chi connectivity index (χ0n) is 8.68. The smallest absolute Gasteiger partial charge is 0.146 e. The molecule has 0 saturated carbocycles. The van der Waals surface area contributed by atoms with Gasteiger partial charge in [-0.15, -0.1) is 0 Å². The Hall–Kier alpha value is -0.100. The van der Waals surface area contributed by atoms with E-state index in [-0.39, 0.29) is 0 Å². The van der Waals surface area contributed by atoms with Crippen LogP contribution in [0.15, 0.2) is 24.4 Å². The van der Waals surface area contributed by atoms with E-state index in [1.807, 2.05) is 22.9 Å². The highest BCUT2D eigenvalue weighted by Gasteiger charge is 2.17. The van der Waals surface area contributed by atoms with Crippen molar-refractivity contribution in [3.63, 3.8) is 0 Å². The van der Waals surface area contributed by atoms with Crippen molar-refractivity contribution in [3.05, 3.63) is 43.2 Å². The van der Waals surface area contributed by atoms with Crippen LogP contribution < -0.4 is 4.74 Å². The molecular weight excluding hydrogens is 395 g/mol. The van der Waals surface area contributed by atoms with Crippen LogP contribution in [0.1, 0.15) is 0 Å². The molecule has 0 amide bonds. The molecule has 2 rings (SSSR count). The average Bonchev–Trinajstić information content (AvgIpc) is 2.72. The van der Waals surface area contributed by atoms with Gasteiger partial charge in [-0.3, -0.25) is 0 Å². The van der Waals surface area contributed by atoms with Crippen molar-refractivity contribution in [1.82, 2.24) is 4.57 Å². The van der Waals surface area contributed by atoms with Gasteiger partial charge in [0.2, 0.25) is 0 Å². The topological polar surface area (TPSA) is 14.2 Å². The third-order valence-corrected chi connectivity index (χ3v) is 4.39. The van der Waals surface area contributed by atoms with E-state index in [0.717, 1.165) is 3.70 Å². The fourth-order valence-electron chi connectivity index (χ4n) is 1.49. The molecule has 0 N–H and O–H groups in total. The number of nitrogens with zero attached hydrogens (tertiary/aromatic N) is 1. The predicted molar refractivity (Wildman–Crippen MR) is 80.1 cm³/mol. The Bertz CT molecular complexity index is 568. The quantitative estimate of drug-likeness (QED) is 0.507. The van der Waals surface area contributed by atoms with Crippen LogP contribution in [0.2, 0.25) is 15.1 Å². The van der Waals surface area contributed by atoms with Crippen LogP contribution in [0.4, 0.5) is 0 Å². The summed E-state index contributed by atoms with van der Waals surface area (Å²) in [5, 5.41) is 1.08. The van der Waals surface area contributed by atoms with Crippen LogP contribution >= 0.6 is 57.4 Å². The van der Waals surface area contributed by atoms with Crippen LogP contribution in [-0.2, 0) is 0 Å². The summed E-state index contributed by atoms with van der Waals surface area (Å²) in [4.78, 5) is 0. The predicted octanol–water partition coefficient (Wildman–Crippen LogP) is 5.05. The van der Waals surface area contributed by atoms with Crippen molar-refractivity contribution in [2.45, 2.75) is 0 Å². The number of rotatable bonds is 2. The molecule has 17 heavy (non-hydrogen) atoms. The molecule has 0 atom stereocenters. The first kappa shape index (κ1) is 13.3. The SMILES string of the molecule is COc1cc(Cl)c(Cl)c(Cl)c1-n1cccc1I. The Morgan fingerprint density at radius 2 is 1.94 bits per heavy atom. The maximum atomic E-state index is 6.23. The molecule has 0 fully saturated rings. The molecule has 6 heteroatoms. The van der Waals surface area contributed by atoms with Gasteiger partial charge in [-0.1, -0.05) is 34.8 Å². The van der Waals surface area contributed by atoms with E-state index < -0.39 is 0 Å². The normalized spacial score (nSPS) is 10.6. The van der Waals surface area contributed by atoms with E-state index in [9.17, 15) is 0 Å². The fourth-order valence-corrected chi connectivity index (χ4v) is 2.77. The van der Waals surface area contributed by atoms with Gasteiger partial charge in [-0.25, -0.2) is 0 Å². The van der Waals surface area contributed by atoms with Gasteiger partial charge in [-0.2, -0.15) is 0 Å². The van der Waals surface area contributed by atoms with E-state index in [4.69, 9.17) is 39.5 Å². The Kier molecular flexibility index (Phi) is 4.13. The van der Waals surface area contributed by atoms with Crippen molar-refractivity contribution in [1.29, 1.82) is 0 Å². The number of ether oxygens (including phenoxy) is 1. The van der Waals surface area contributed by atoms with E-state index in [2.05, 4.69) is 22.6 Å². The molecule has 2 nitrogen and oxygen atoms in total.